The van der Waals surface area contributed by atoms with E-state index in [0.29, 0.717) is 11.6 Å². The van der Waals surface area contributed by atoms with Gasteiger partial charge in [0.25, 0.3) is 11.5 Å². The Morgan fingerprint density at radius 3 is 2.44 bits per heavy atom. The third kappa shape index (κ3) is 5.23. The number of hydrogen-bond acceptors (Lipinski definition) is 3. The van der Waals surface area contributed by atoms with Crippen LogP contribution in [0.2, 0.25) is 5.02 Å². The standard InChI is InChI=1S/C21H14Cl2F4N2O3/c1-11-6-12(24)2-3-17(11)32-18-9-15(21(25,26)27)16(23)8-14(18)20(31)28-13-4-5-29(10-22)19(30)7-13/h2-9H,10H2,1H3,(H,28,31). The average Bonchev–Trinajstić information content (AvgIpc) is 2.70. The summed E-state index contributed by atoms with van der Waals surface area (Å²) in [5.74, 6) is -1.85. The van der Waals surface area contributed by atoms with Crippen molar-refractivity contribution in [2.45, 2.75) is 19.1 Å². The smallest absolute Gasteiger partial charge is 0.417 e. The lowest BCUT2D eigenvalue weighted by molar-refractivity contribution is -0.137. The summed E-state index contributed by atoms with van der Waals surface area (Å²) >= 11 is 11.4. The summed E-state index contributed by atoms with van der Waals surface area (Å²) in [6.45, 7) is 1.49. The summed E-state index contributed by atoms with van der Waals surface area (Å²) in [4.78, 5) is 24.7. The van der Waals surface area contributed by atoms with Gasteiger partial charge in [-0.3, -0.25) is 9.59 Å². The van der Waals surface area contributed by atoms with E-state index in [1.807, 2.05) is 0 Å². The molecule has 5 nitrogen and oxygen atoms in total. The van der Waals surface area contributed by atoms with E-state index in [2.05, 4.69) is 5.32 Å². The summed E-state index contributed by atoms with van der Waals surface area (Å²) in [7, 11) is 0. The average molecular weight is 489 g/mol. The maximum atomic E-state index is 13.4. The lowest BCUT2D eigenvalue weighted by Crippen LogP contribution is -2.20. The quantitative estimate of drug-likeness (QED) is 0.343. The molecule has 32 heavy (non-hydrogen) atoms. The molecule has 0 bridgehead atoms. The maximum absolute atomic E-state index is 13.4. The number of rotatable bonds is 5. The molecule has 11 heteroatoms. The van der Waals surface area contributed by atoms with Gasteiger partial charge in [0.15, 0.2) is 0 Å². The molecule has 0 saturated heterocycles. The van der Waals surface area contributed by atoms with Gasteiger partial charge in [-0.05, 0) is 48.9 Å². The number of pyridine rings is 1. The van der Waals surface area contributed by atoms with Gasteiger partial charge >= 0.3 is 6.18 Å². The van der Waals surface area contributed by atoms with E-state index >= 15 is 0 Å². The Kier molecular flexibility index (Phi) is 6.80. The molecule has 1 amide bonds. The van der Waals surface area contributed by atoms with Crippen LogP contribution in [0.3, 0.4) is 0 Å². The molecule has 3 aromatic rings. The highest BCUT2D eigenvalue weighted by Gasteiger charge is 2.35. The van der Waals surface area contributed by atoms with E-state index in [1.54, 1.807) is 0 Å². The van der Waals surface area contributed by atoms with Crippen LogP contribution in [0.1, 0.15) is 21.5 Å². The van der Waals surface area contributed by atoms with E-state index in [4.69, 9.17) is 27.9 Å². The van der Waals surface area contributed by atoms with Gasteiger partial charge in [-0.25, -0.2) is 4.39 Å². The Labute approximate surface area is 189 Å². The summed E-state index contributed by atoms with van der Waals surface area (Å²) in [5, 5.41) is 1.69. The number of nitrogens with one attached hydrogen (secondary N) is 1. The van der Waals surface area contributed by atoms with Gasteiger partial charge < -0.3 is 14.6 Å². The summed E-state index contributed by atoms with van der Waals surface area (Å²) in [6, 6.07) is 7.20. The number of carbonyl (C=O) groups excluding carboxylic acids is 1. The first-order chi connectivity index (χ1) is 15.0. The van der Waals surface area contributed by atoms with Crippen LogP contribution in [0.15, 0.2) is 53.5 Å². The summed E-state index contributed by atoms with van der Waals surface area (Å²) in [6.07, 6.45) is -3.47. The molecule has 0 aliphatic carbocycles. The minimum atomic E-state index is -4.81. The Balaban J connectivity index is 2.04. The molecule has 1 heterocycles. The van der Waals surface area contributed by atoms with Crippen molar-refractivity contribution in [1.29, 1.82) is 0 Å². The van der Waals surface area contributed by atoms with Crippen LogP contribution in [0.5, 0.6) is 11.5 Å². The third-order valence-electron chi connectivity index (χ3n) is 4.36. The number of anilines is 1. The van der Waals surface area contributed by atoms with Crippen LogP contribution in [0, 0.1) is 12.7 Å². The second-order valence-corrected chi connectivity index (χ2v) is 7.28. The molecule has 0 spiro atoms. The number of aromatic nitrogens is 1. The van der Waals surface area contributed by atoms with E-state index in [1.165, 1.54) is 25.3 Å². The van der Waals surface area contributed by atoms with Gasteiger partial charge in [0.05, 0.1) is 16.1 Å². The van der Waals surface area contributed by atoms with Crippen LogP contribution >= 0.6 is 23.2 Å². The molecule has 0 radical (unpaired) electrons. The highest BCUT2D eigenvalue weighted by Crippen LogP contribution is 2.40. The number of halogens is 6. The Hall–Kier alpha value is -3.04. The van der Waals surface area contributed by atoms with Crippen molar-refractivity contribution in [2.75, 3.05) is 5.32 Å². The number of benzene rings is 2. The molecular formula is C21H14Cl2F4N2O3. The number of ether oxygens (including phenoxy) is 1. The van der Waals surface area contributed by atoms with Crippen LogP contribution < -0.4 is 15.6 Å². The first kappa shape index (κ1) is 23.6. The first-order valence-electron chi connectivity index (χ1n) is 8.92. The Bertz CT molecular complexity index is 1240. The molecule has 3 rings (SSSR count). The largest absolute Gasteiger partial charge is 0.456 e. The predicted octanol–water partition coefficient (Wildman–Crippen LogP) is 6.21. The zero-order chi connectivity index (χ0) is 23.6. The molecule has 2 aromatic carbocycles. The topological polar surface area (TPSA) is 60.3 Å². The number of aryl methyl sites for hydroxylation is 1. The van der Waals surface area contributed by atoms with E-state index in [9.17, 15) is 27.2 Å². The Morgan fingerprint density at radius 1 is 1.12 bits per heavy atom. The fourth-order valence-corrected chi connectivity index (χ4v) is 3.23. The highest BCUT2D eigenvalue weighted by atomic mass is 35.5. The minimum Gasteiger partial charge on any atom is -0.456 e. The van der Waals surface area contributed by atoms with Gasteiger partial charge in [-0.15, -0.1) is 11.6 Å². The van der Waals surface area contributed by atoms with Crippen molar-refractivity contribution in [3.05, 3.63) is 86.5 Å². The van der Waals surface area contributed by atoms with Crippen molar-refractivity contribution in [3.8, 4) is 11.5 Å². The zero-order valence-corrected chi connectivity index (χ0v) is 17.8. The predicted molar refractivity (Wildman–Crippen MR) is 112 cm³/mol. The Morgan fingerprint density at radius 2 is 1.84 bits per heavy atom. The van der Waals surface area contributed by atoms with E-state index < -0.39 is 39.8 Å². The lowest BCUT2D eigenvalue weighted by Gasteiger charge is -2.17. The van der Waals surface area contributed by atoms with Crippen LogP contribution in [0.4, 0.5) is 23.2 Å². The molecular weight excluding hydrogens is 475 g/mol. The second-order valence-electron chi connectivity index (χ2n) is 6.63. The fraction of sp³-hybridized carbons (Fsp3) is 0.143. The molecule has 0 atom stereocenters. The van der Waals surface area contributed by atoms with Crippen LogP contribution in [-0.4, -0.2) is 10.5 Å². The van der Waals surface area contributed by atoms with Crippen LogP contribution in [0.25, 0.3) is 0 Å². The number of carbonyl (C=O) groups is 1. The maximum Gasteiger partial charge on any atom is 0.417 e. The molecule has 0 saturated carbocycles. The zero-order valence-electron chi connectivity index (χ0n) is 16.3. The van der Waals surface area contributed by atoms with Crippen molar-refractivity contribution in [1.82, 2.24) is 4.57 Å². The van der Waals surface area contributed by atoms with E-state index in [-0.39, 0.29) is 23.0 Å². The lowest BCUT2D eigenvalue weighted by atomic mass is 10.1. The van der Waals surface area contributed by atoms with E-state index in [0.717, 1.165) is 28.8 Å². The normalized spacial score (nSPS) is 11.3. The van der Waals surface area contributed by atoms with Crippen molar-refractivity contribution in [3.63, 3.8) is 0 Å². The van der Waals surface area contributed by atoms with Crippen molar-refractivity contribution >= 4 is 34.8 Å². The molecule has 0 aliphatic heterocycles. The third-order valence-corrected chi connectivity index (χ3v) is 4.93. The molecule has 0 aliphatic rings. The van der Waals surface area contributed by atoms with Crippen LogP contribution in [-0.2, 0) is 12.2 Å². The molecule has 168 valence electrons. The van der Waals surface area contributed by atoms with Gasteiger partial charge in [0.2, 0.25) is 0 Å². The second kappa shape index (κ2) is 9.22. The SMILES string of the molecule is Cc1cc(F)ccc1Oc1cc(C(F)(F)F)c(Cl)cc1C(=O)Nc1ccn(CCl)c(=O)c1. The molecule has 0 unspecified atom stereocenters. The number of alkyl halides is 4. The minimum absolute atomic E-state index is 0.0422. The monoisotopic (exact) mass is 488 g/mol. The number of nitrogens with zero attached hydrogens (tertiary/aromatic N) is 1. The summed E-state index contributed by atoms with van der Waals surface area (Å²) < 4.78 is 60.1. The highest BCUT2D eigenvalue weighted by molar-refractivity contribution is 6.32. The number of hydrogen-bond donors (Lipinski definition) is 1. The summed E-state index contributed by atoms with van der Waals surface area (Å²) in [5.41, 5.74) is -1.66. The molecule has 0 fully saturated rings. The van der Waals surface area contributed by atoms with Gasteiger partial charge in [0.1, 0.15) is 23.3 Å². The molecule has 1 N–H and O–H groups in total. The van der Waals surface area contributed by atoms with Gasteiger partial charge in [0, 0.05) is 18.0 Å². The van der Waals surface area contributed by atoms with Gasteiger partial charge in [-0.1, -0.05) is 11.6 Å². The molecule has 1 aromatic heterocycles. The van der Waals surface area contributed by atoms with Gasteiger partial charge in [-0.2, -0.15) is 13.2 Å². The fourth-order valence-electron chi connectivity index (χ4n) is 2.76. The number of amides is 1. The van der Waals surface area contributed by atoms with Crippen molar-refractivity contribution in [2.24, 2.45) is 0 Å². The first-order valence-corrected chi connectivity index (χ1v) is 9.83. The van der Waals surface area contributed by atoms with Crippen molar-refractivity contribution < 1.29 is 27.1 Å².